The van der Waals surface area contributed by atoms with Crippen LogP contribution in [0, 0.1) is 6.92 Å². The molecule has 0 saturated carbocycles. The van der Waals surface area contributed by atoms with Gasteiger partial charge in [0.15, 0.2) is 0 Å². The molecule has 0 spiro atoms. The zero-order chi connectivity index (χ0) is 18.4. The van der Waals surface area contributed by atoms with Gasteiger partial charge in [0.25, 0.3) is 0 Å². The maximum Gasteiger partial charge on any atom is 0.246 e. The van der Waals surface area contributed by atoms with Crippen molar-refractivity contribution in [2.45, 2.75) is 19.2 Å². The lowest BCUT2D eigenvalue weighted by atomic mass is 10.1. The molecule has 134 valence electrons. The van der Waals surface area contributed by atoms with E-state index >= 15 is 0 Å². The Labute approximate surface area is 164 Å². The normalized spacial score (nSPS) is 10.7. The molecule has 1 heterocycles. The van der Waals surface area contributed by atoms with Crippen molar-refractivity contribution in [2.24, 2.45) is 0 Å². The topological polar surface area (TPSA) is 68.0 Å². The van der Waals surface area contributed by atoms with E-state index in [1.54, 1.807) is 11.8 Å². The average molecular weight is 432 g/mol. The van der Waals surface area contributed by atoms with Gasteiger partial charge >= 0.3 is 0 Å². The number of hydrogen-bond donors (Lipinski definition) is 1. The predicted molar refractivity (Wildman–Crippen MR) is 107 cm³/mol. The Kier molecular flexibility index (Phi) is 6.46. The Morgan fingerprint density at radius 1 is 1.15 bits per heavy atom. The van der Waals surface area contributed by atoms with Crippen LogP contribution in [0.2, 0.25) is 0 Å². The third-order valence-corrected chi connectivity index (χ3v) is 5.16. The van der Waals surface area contributed by atoms with Crippen LogP contribution in [-0.4, -0.2) is 21.8 Å². The van der Waals surface area contributed by atoms with Crippen LogP contribution in [0.1, 0.15) is 17.0 Å². The molecule has 0 atom stereocenters. The van der Waals surface area contributed by atoms with Crippen molar-refractivity contribution in [1.82, 2.24) is 15.5 Å². The number of amides is 1. The van der Waals surface area contributed by atoms with Crippen LogP contribution in [0.3, 0.4) is 0 Å². The highest BCUT2D eigenvalue weighted by Gasteiger charge is 2.10. The molecule has 0 bridgehead atoms. The first-order chi connectivity index (χ1) is 12.6. The molecular formula is C19H18BrN3O2S. The number of hydrogen-bond acceptors (Lipinski definition) is 5. The number of carbonyl (C=O) groups excluding carboxylic acids is 1. The molecule has 1 N–H and O–H groups in total. The molecule has 3 rings (SSSR count). The molecule has 3 aromatic rings. The molecule has 0 aliphatic heterocycles. The minimum Gasteiger partial charge on any atom is -0.346 e. The van der Waals surface area contributed by atoms with Crippen molar-refractivity contribution in [3.05, 3.63) is 70.0 Å². The SMILES string of the molecule is Cc1ccc(-c2noc(CNC(=O)CSCc3ccc(Br)cc3)n2)cc1. The Morgan fingerprint density at radius 2 is 1.88 bits per heavy atom. The maximum atomic E-state index is 11.9. The number of benzene rings is 2. The van der Waals surface area contributed by atoms with Gasteiger partial charge in [-0.15, -0.1) is 11.8 Å². The smallest absolute Gasteiger partial charge is 0.246 e. The molecule has 7 heteroatoms. The van der Waals surface area contributed by atoms with Crippen LogP contribution >= 0.6 is 27.7 Å². The number of aryl methyl sites for hydroxylation is 1. The Hall–Kier alpha value is -2.12. The first-order valence-corrected chi connectivity index (χ1v) is 10.0. The molecule has 0 fully saturated rings. The predicted octanol–water partition coefficient (Wildman–Crippen LogP) is 4.36. The van der Waals surface area contributed by atoms with Gasteiger partial charge in [0.05, 0.1) is 12.3 Å². The van der Waals surface area contributed by atoms with Crippen molar-refractivity contribution < 1.29 is 9.32 Å². The fraction of sp³-hybridized carbons (Fsp3) is 0.211. The van der Waals surface area contributed by atoms with E-state index < -0.39 is 0 Å². The van der Waals surface area contributed by atoms with Gasteiger partial charge < -0.3 is 9.84 Å². The molecule has 0 unspecified atom stereocenters. The molecule has 2 aromatic carbocycles. The third-order valence-electron chi connectivity index (χ3n) is 3.63. The van der Waals surface area contributed by atoms with Gasteiger partial charge in [-0.2, -0.15) is 4.98 Å². The first-order valence-electron chi connectivity index (χ1n) is 8.08. The fourth-order valence-electron chi connectivity index (χ4n) is 2.21. The number of nitrogens with one attached hydrogen (secondary N) is 1. The lowest BCUT2D eigenvalue weighted by molar-refractivity contribution is -0.118. The van der Waals surface area contributed by atoms with E-state index in [-0.39, 0.29) is 12.5 Å². The summed E-state index contributed by atoms with van der Waals surface area (Å²) in [7, 11) is 0. The van der Waals surface area contributed by atoms with Gasteiger partial charge in [0.1, 0.15) is 0 Å². The van der Waals surface area contributed by atoms with Crippen LogP contribution in [-0.2, 0) is 17.1 Å². The van der Waals surface area contributed by atoms with Crippen molar-refractivity contribution in [3.63, 3.8) is 0 Å². The van der Waals surface area contributed by atoms with Gasteiger partial charge in [0.2, 0.25) is 17.6 Å². The van der Waals surface area contributed by atoms with E-state index in [1.807, 2.05) is 55.5 Å². The summed E-state index contributed by atoms with van der Waals surface area (Å²) in [4.78, 5) is 16.3. The van der Waals surface area contributed by atoms with E-state index in [4.69, 9.17) is 4.52 Å². The quantitative estimate of drug-likeness (QED) is 0.601. The van der Waals surface area contributed by atoms with Gasteiger partial charge in [-0.25, -0.2) is 0 Å². The highest BCUT2D eigenvalue weighted by atomic mass is 79.9. The molecule has 1 amide bonds. The molecule has 5 nitrogen and oxygen atoms in total. The molecule has 26 heavy (non-hydrogen) atoms. The molecular weight excluding hydrogens is 414 g/mol. The van der Waals surface area contributed by atoms with E-state index in [9.17, 15) is 4.79 Å². The minimum absolute atomic E-state index is 0.0535. The van der Waals surface area contributed by atoms with Gasteiger partial charge in [-0.3, -0.25) is 4.79 Å². The lowest BCUT2D eigenvalue weighted by Crippen LogP contribution is -2.24. The number of thioether (sulfide) groups is 1. The summed E-state index contributed by atoms with van der Waals surface area (Å²) >= 11 is 4.97. The summed E-state index contributed by atoms with van der Waals surface area (Å²) in [6.45, 7) is 2.26. The minimum atomic E-state index is -0.0535. The number of carbonyl (C=O) groups is 1. The van der Waals surface area contributed by atoms with Crippen molar-refractivity contribution in [1.29, 1.82) is 0 Å². The van der Waals surface area contributed by atoms with Crippen LogP contribution in [0.5, 0.6) is 0 Å². The monoisotopic (exact) mass is 431 g/mol. The van der Waals surface area contributed by atoms with E-state index in [0.717, 1.165) is 15.8 Å². The second kappa shape index (κ2) is 9.00. The number of nitrogens with zero attached hydrogens (tertiary/aromatic N) is 2. The zero-order valence-corrected chi connectivity index (χ0v) is 16.6. The average Bonchev–Trinajstić information content (AvgIpc) is 3.11. The largest absolute Gasteiger partial charge is 0.346 e. The maximum absolute atomic E-state index is 11.9. The summed E-state index contributed by atoms with van der Waals surface area (Å²) in [5.74, 6) is 2.04. The van der Waals surface area contributed by atoms with Crippen molar-refractivity contribution in [2.75, 3.05) is 5.75 Å². The highest BCUT2D eigenvalue weighted by Crippen LogP contribution is 2.17. The van der Waals surface area contributed by atoms with Crippen molar-refractivity contribution >= 4 is 33.6 Å². The molecule has 0 saturated heterocycles. The molecule has 0 radical (unpaired) electrons. The van der Waals surface area contributed by atoms with Crippen LogP contribution in [0.15, 0.2) is 57.5 Å². The number of halogens is 1. The summed E-state index contributed by atoms with van der Waals surface area (Å²) in [6.07, 6.45) is 0. The molecule has 0 aliphatic rings. The Morgan fingerprint density at radius 3 is 2.62 bits per heavy atom. The molecule has 1 aromatic heterocycles. The highest BCUT2D eigenvalue weighted by molar-refractivity contribution is 9.10. The standard InChI is InChI=1S/C19H18BrN3O2S/c1-13-2-6-15(7-3-13)19-22-18(25-23-19)10-21-17(24)12-26-11-14-4-8-16(20)9-5-14/h2-9H,10-12H2,1H3,(H,21,24). The van der Waals surface area contributed by atoms with Crippen LogP contribution in [0.4, 0.5) is 0 Å². The first kappa shape index (κ1) is 18.7. The molecule has 0 aliphatic carbocycles. The zero-order valence-electron chi connectivity index (χ0n) is 14.2. The summed E-state index contributed by atoms with van der Waals surface area (Å²) in [6, 6.07) is 16.0. The van der Waals surface area contributed by atoms with Gasteiger partial charge in [0, 0.05) is 15.8 Å². The van der Waals surface area contributed by atoms with Crippen LogP contribution < -0.4 is 5.32 Å². The van der Waals surface area contributed by atoms with E-state index in [2.05, 4.69) is 31.4 Å². The van der Waals surface area contributed by atoms with Crippen molar-refractivity contribution in [3.8, 4) is 11.4 Å². The van der Waals surface area contributed by atoms with E-state index in [0.29, 0.717) is 17.5 Å². The second-order valence-corrected chi connectivity index (χ2v) is 7.68. The Balaban J connectivity index is 1.43. The lowest BCUT2D eigenvalue weighted by Gasteiger charge is -2.03. The third kappa shape index (κ3) is 5.44. The summed E-state index contributed by atoms with van der Waals surface area (Å²) in [5.41, 5.74) is 3.25. The van der Waals surface area contributed by atoms with Gasteiger partial charge in [-0.05, 0) is 24.6 Å². The van der Waals surface area contributed by atoms with Gasteiger partial charge in [-0.1, -0.05) is 63.0 Å². The fourth-order valence-corrected chi connectivity index (χ4v) is 3.30. The summed E-state index contributed by atoms with van der Waals surface area (Å²) in [5, 5.41) is 6.76. The number of rotatable bonds is 7. The summed E-state index contributed by atoms with van der Waals surface area (Å²) < 4.78 is 6.25. The number of aromatic nitrogens is 2. The second-order valence-electron chi connectivity index (χ2n) is 5.77. The Bertz CT molecular complexity index is 863. The van der Waals surface area contributed by atoms with Crippen LogP contribution in [0.25, 0.3) is 11.4 Å². The van der Waals surface area contributed by atoms with E-state index in [1.165, 1.54) is 11.1 Å².